The van der Waals surface area contributed by atoms with Crippen molar-refractivity contribution in [2.75, 3.05) is 7.05 Å². The van der Waals surface area contributed by atoms with Gasteiger partial charge in [0.05, 0.1) is 12.0 Å². The molecule has 0 aliphatic heterocycles. The van der Waals surface area contributed by atoms with E-state index in [4.69, 9.17) is 0 Å². The first kappa shape index (κ1) is 16.8. The van der Waals surface area contributed by atoms with Crippen molar-refractivity contribution in [3.05, 3.63) is 35.4 Å². The molecule has 1 aromatic carbocycles. The first-order valence-corrected chi connectivity index (χ1v) is 7.69. The highest BCUT2D eigenvalue weighted by atomic mass is 19.4. The Morgan fingerprint density at radius 1 is 1.14 bits per heavy atom. The van der Waals surface area contributed by atoms with E-state index in [9.17, 15) is 18.0 Å². The maximum Gasteiger partial charge on any atom is 0.416 e. The molecule has 122 valence electrons. The summed E-state index contributed by atoms with van der Waals surface area (Å²) in [5.74, 6) is 0.689. The number of alkyl halides is 3. The second-order valence-corrected chi connectivity index (χ2v) is 6.29. The van der Waals surface area contributed by atoms with E-state index in [1.165, 1.54) is 12.1 Å². The molecule has 0 atom stereocenters. The van der Waals surface area contributed by atoms with Crippen LogP contribution in [0.2, 0.25) is 0 Å². The number of amides is 1. The average Bonchev–Trinajstić information content (AvgIpc) is 2.47. The number of halogens is 3. The van der Waals surface area contributed by atoms with Gasteiger partial charge in [-0.3, -0.25) is 4.79 Å². The van der Waals surface area contributed by atoms with Gasteiger partial charge < -0.3 is 4.90 Å². The third-order valence-corrected chi connectivity index (χ3v) is 4.56. The van der Waals surface area contributed by atoms with Gasteiger partial charge in [0.2, 0.25) is 5.91 Å². The standard InChI is InChI=1S/C17H22F3NO/c1-12-3-9-15(10-4-12)21(2)16(22)11-13-5-7-14(8-6-13)17(18,19)20/h5-8,12,15H,3-4,9-11H2,1-2H3. The lowest BCUT2D eigenvalue weighted by atomic mass is 9.86. The molecule has 0 bridgehead atoms. The van der Waals surface area contributed by atoms with Crippen LogP contribution in [0.5, 0.6) is 0 Å². The molecule has 1 amide bonds. The smallest absolute Gasteiger partial charge is 0.342 e. The fourth-order valence-corrected chi connectivity index (χ4v) is 2.94. The number of likely N-dealkylation sites (N-methyl/N-ethyl adjacent to an activating group) is 1. The highest BCUT2D eigenvalue weighted by Gasteiger charge is 2.30. The van der Waals surface area contributed by atoms with Crippen LogP contribution in [0.3, 0.4) is 0 Å². The Labute approximate surface area is 129 Å². The summed E-state index contributed by atoms with van der Waals surface area (Å²) in [6.45, 7) is 2.22. The maximum absolute atomic E-state index is 12.5. The molecule has 2 rings (SSSR count). The van der Waals surface area contributed by atoms with Gasteiger partial charge >= 0.3 is 6.18 Å². The fraction of sp³-hybridized carbons (Fsp3) is 0.588. The summed E-state index contributed by atoms with van der Waals surface area (Å²) in [5.41, 5.74) is -0.0626. The molecule has 0 radical (unpaired) electrons. The molecule has 0 saturated heterocycles. The summed E-state index contributed by atoms with van der Waals surface area (Å²) in [6.07, 6.45) is 0.0940. The zero-order valence-electron chi connectivity index (χ0n) is 13.0. The molecule has 2 nitrogen and oxygen atoms in total. The fourth-order valence-electron chi connectivity index (χ4n) is 2.94. The van der Waals surface area contributed by atoms with Crippen LogP contribution in [0, 0.1) is 5.92 Å². The largest absolute Gasteiger partial charge is 0.416 e. The molecule has 0 N–H and O–H groups in total. The van der Waals surface area contributed by atoms with Crippen molar-refractivity contribution >= 4 is 5.91 Å². The molecule has 0 aromatic heterocycles. The topological polar surface area (TPSA) is 20.3 Å². The van der Waals surface area contributed by atoms with Crippen molar-refractivity contribution in [2.45, 2.75) is 51.2 Å². The third-order valence-electron chi connectivity index (χ3n) is 4.56. The summed E-state index contributed by atoms with van der Waals surface area (Å²) >= 11 is 0. The third kappa shape index (κ3) is 4.24. The van der Waals surface area contributed by atoms with Crippen LogP contribution >= 0.6 is 0 Å². The molecule has 22 heavy (non-hydrogen) atoms. The number of nitrogens with zero attached hydrogens (tertiary/aromatic N) is 1. The molecule has 1 aliphatic carbocycles. The number of carbonyl (C=O) groups excluding carboxylic acids is 1. The van der Waals surface area contributed by atoms with Gasteiger partial charge in [0.15, 0.2) is 0 Å². The number of hydrogen-bond acceptors (Lipinski definition) is 1. The Morgan fingerprint density at radius 2 is 1.68 bits per heavy atom. The molecule has 0 spiro atoms. The van der Waals surface area contributed by atoms with Crippen LogP contribution in [0.4, 0.5) is 13.2 Å². The van der Waals surface area contributed by atoms with Crippen molar-refractivity contribution < 1.29 is 18.0 Å². The molecule has 5 heteroatoms. The lowest BCUT2D eigenvalue weighted by molar-refractivity contribution is -0.137. The zero-order valence-corrected chi connectivity index (χ0v) is 13.0. The molecular formula is C17H22F3NO. The Morgan fingerprint density at radius 3 is 2.18 bits per heavy atom. The number of carbonyl (C=O) groups is 1. The minimum Gasteiger partial charge on any atom is -0.342 e. The predicted octanol–water partition coefficient (Wildman–Crippen LogP) is 4.29. The quantitative estimate of drug-likeness (QED) is 0.815. The summed E-state index contributed by atoms with van der Waals surface area (Å²) in [6, 6.07) is 5.10. The van der Waals surface area contributed by atoms with E-state index < -0.39 is 11.7 Å². The maximum atomic E-state index is 12.5. The molecule has 1 aromatic rings. The SMILES string of the molecule is CC1CCC(N(C)C(=O)Cc2ccc(C(F)(F)F)cc2)CC1. The van der Waals surface area contributed by atoms with Crippen LogP contribution in [0.15, 0.2) is 24.3 Å². The number of hydrogen-bond donors (Lipinski definition) is 0. The summed E-state index contributed by atoms with van der Waals surface area (Å²) < 4.78 is 37.5. The van der Waals surface area contributed by atoms with E-state index in [1.807, 2.05) is 0 Å². The van der Waals surface area contributed by atoms with Gasteiger partial charge in [-0.2, -0.15) is 13.2 Å². The van der Waals surface area contributed by atoms with Gasteiger partial charge in [-0.15, -0.1) is 0 Å². The van der Waals surface area contributed by atoms with E-state index >= 15 is 0 Å². The van der Waals surface area contributed by atoms with Gasteiger partial charge in [-0.1, -0.05) is 19.1 Å². The van der Waals surface area contributed by atoms with Gasteiger partial charge in [0.1, 0.15) is 0 Å². The van der Waals surface area contributed by atoms with Gasteiger partial charge in [-0.05, 0) is 49.3 Å². The Bertz CT molecular complexity index is 502. The molecular weight excluding hydrogens is 291 g/mol. The Hall–Kier alpha value is -1.52. The minimum absolute atomic E-state index is 0.0284. The lowest BCUT2D eigenvalue weighted by Gasteiger charge is -2.33. The van der Waals surface area contributed by atoms with E-state index in [0.717, 1.165) is 43.7 Å². The molecule has 1 saturated carbocycles. The summed E-state index contributed by atoms with van der Waals surface area (Å²) in [5, 5.41) is 0. The second kappa shape index (κ2) is 6.71. The van der Waals surface area contributed by atoms with E-state index in [-0.39, 0.29) is 18.4 Å². The van der Waals surface area contributed by atoms with Crippen molar-refractivity contribution in [1.29, 1.82) is 0 Å². The van der Waals surface area contributed by atoms with Crippen molar-refractivity contribution in [3.8, 4) is 0 Å². The Kier molecular flexibility index (Phi) is 5.14. The number of benzene rings is 1. The molecule has 1 aliphatic rings. The van der Waals surface area contributed by atoms with Gasteiger partial charge in [0, 0.05) is 13.1 Å². The van der Waals surface area contributed by atoms with Crippen molar-refractivity contribution in [3.63, 3.8) is 0 Å². The monoisotopic (exact) mass is 313 g/mol. The molecule has 0 heterocycles. The van der Waals surface area contributed by atoms with Gasteiger partial charge in [0.25, 0.3) is 0 Å². The molecule has 0 unspecified atom stereocenters. The second-order valence-electron chi connectivity index (χ2n) is 6.29. The first-order chi connectivity index (χ1) is 10.3. The van der Waals surface area contributed by atoms with Crippen LogP contribution < -0.4 is 0 Å². The van der Waals surface area contributed by atoms with Crippen molar-refractivity contribution in [2.24, 2.45) is 5.92 Å². The van der Waals surface area contributed by atoms with E-state index in [0.29, 0.717) is 5.56 Å². The summed E-state index contributed by atoms with van der Waals surface area (Å²) in [4.78, 5) is 14.0. The highest BCUT2D eigenvalue weighted by Crippen LogP contribution is 2.29. The predicted molar refractivity (Wildman–Crippen MR) is 79.3 cm³/mol. The van der Waals surface area contributed by atoms with Gasteiger partial charge in [-0.25, -0.2) is 0 Å². The van der Waals surface area contributed by atoms with Crippen LogP contribution in [-0.2, 0) is 17.4 Å². The zero-order chi connectivity index (χ0) is 16.3. The highest BCUT2D eigenvalue weighted by molar-refractivity contribution is 5.78. The Balaban J connectivity index is 1.94. The van der Waals surface area contributed by atoms with Crippen LogP contribution in [0.25, 0.3) is 0 Å². The minimum atomic E-state index is -4.34. The van der Waals surface area contributed by atoms with Crippen LogP contribution in [0.1, 0.15) is 43.7 Å². The normalized spacial score (nSPS) is 22.4. The lowest BCUT2D eigenvalue weighted by Crippen LogP contribution is -2.40. The van der Waals surface area contributed by atoms with E-state index in [1.54, 1.807) is 11.9 Å². The summed E-state index contributed by atoms with van der Waals surface area (Å²) in [7, 11) is 1.80. The number of rotatable bonds is 3. The average molecular weight is 313 g/mol. The van der Waals surface area contributed by atoms with Crippen LogP contribution in [-0.4, -0.2) is 23.9 Å². The van der Waals surface area contributed by atoms with E-state index in [2.05, 4.69) is 6.92 Å². The van der Waals surface area contributed by atoms with Crippen molar-refractivity contribution in [1.82, 2.24) is 4.90 Å². The molecule has 1 fully saturated rings. The first-order valence-electron chi connectivity index (χ1n) is 7.69.